The van der Waals surface area contributed by atoms with Crippen molar-refractivity contribution in [2.24, 2.45) is 0 Å². The van der Waals surface area contributed by atoms with Gasteiger partial charge in [0, 0.05) is 50.2 Å². The fraction of sp³-hybridized carbons (Fsp3) is 0.500. The van der Waals surface area contributed by atoms with Gasteiger partial charge in [0.15, 0.2) is 0 Å². The number of aromatic nitrogens is 2. The fourth-order valence-corrected chi connectivity index (χ4v) is 4.97. The number of ether oxygens (including phenoxy) is 1. The molecule has 2 saturated heterocycles. The van der Waals surface area contributed by atoms with Gasteiger partial charge < -0.3 is 14.2 Å². The largest absolute Gasteiger partial charge is 0.377 e. The van der Waals surface area contributed by atoms with Gasteiger partial charge in [0.05, 0.1) is 17.3 Å². The molecule has 1 aromatic carbocycles. The van der Waals surface area contributed by atoms with Crippen molar-refractivity contribution in [3.63, 3.8) is 0 Å². The van der Waals surface area contributed by atoms with Crippen molar-refractivity contribution < 1.29 is 17.9 Å². The average Bonchev–Trinajstić information content (AvgIpc) is 3.46. The lowest BCUT2D eigenvalue weighted by atomic mass is 10.0. The third kappa shape index (κ3) is 4.68. The minimum absolute atomic E-state index is 0.0594. The van der Waals surface area contributed by atoms with Crippen molar-refractivity contribution >= 4 is 15.9 Å². The van der Waals surface area contributed by atoms with Crippen LogP contribution in [0.3, 0.4) is 0 Å². The molecule has 8 nitrogen and oxygen atoms in total. The molecule has 0 bridgehead atoms. The second kappa shape index (κ2) is 8.64. The van der Waals surface area contributed by atoms with Gasteiger partial charge in [0.1, 0.15) is 0 Å². The molecular weight excluding hydrogens is 392 g/mol. The molecule has 1 unspecified atom stereocenters. The fourth-order valence-electron chi connectivity index (χ4n) is 3.90. The molecule has 1 N–H and O–H groups in total. The van der Waals surface area contributed by atoms with Crippen LogP contribution in [0.5, 0.6) is 0 Å². The number of hydrogen-bond acceptors (Lipinski definition) is 5. The summed E-state index contributed by atoms with van der Waals surface area (Å²) in [6, 6.07) is 6.52. The van der Waals surface area contributed by atoms with Crippen LogP contribution >= 0.6 is 0 Å². The number of amides is 1. The highest BCUT2D eigenvalue weighted by atomic mass is 32.2. The van der Waals surface area contributed by atoms with Gasteiger partial charge >= 0.3 is 0 Å². The van der Waals surface area contributed by atoms with E-state index in [0.29, 0.717) is 31.3 Å². The molecule has 2 aliphatic rings. The maximum Gasteiger partial charge on any atom is 0.253 e. The van der Waals surface area contributed by atoms with E-state index in [1.165, 1.54) is 12.1 Å². The van der Waals surface area contributed by atoms with Crippen LogP contribution in [0.2, 0.25) is 0 Å². The summed E-state index contributed by atoms with van der Waals surface area (Å²) in [5.41, 5.74) is 0.504. The summed E-state index contributed by atoms with van der Waals surface area (Å²) in [6.45, 7) is 2.30. The van der Waals surface area contributed by atoms with Crippen LogP contribution in [0.4, 0.5) is 0 Å². The van der Waals surface area contributed by atoms with E-state index in [1.54, 1.807) is 18.3 Å². The number of nitrogens with zero attached hydrogens (tertiary/aromatic N) is 3. The summed E-state index contributed by atoms with van der Waals surface area (Å²) in [5, 5.41) is 0. The Hall–Kier alpha value is -2.23. The highest BCUT2D eigenvalue weighted by molar-refractivity contribution is 7.89. The van der Waals surface area contributed by atoms with Crippen LogP contribution in [0.15, 0.2) is 47.9 Å². The summed E-state index contributed by atoms with van der Waals surface area (Å²) in [6.07, 6.45) is 9.06. The van der Waals surface area contributed by atoms with E-state index in [9.17, 15) is 13.2 Å². The Morgan fingerprint density at radius 2 is 1.93 bits per heavy atom. The van der Waals surface area contributed by atoms with Gasteiger partial charge in [-0.1, -0.05) is 0 Å². The van der Waals surface area contributed by atoms with Gasteiger partial charge in [0.25, 0.3) is 5.91 Å². The lowest BCUT2D eigenvalue weighted by molar-refractivity contribution is 0.0694. The van der Waals surface area contributed by atoms with Gasteiger partial charge in [-0.25, -0.2) is 18.1 Å². The Morgan fingerprint density at radius 1 is 1.17 bits per heavy atom. The standard InChI is InChI=1S/C20H26N4O4S/c25-20(23-10-7-17(8-11-23)24-12-9-21-15-24)16-3-5-19(6-4-16)29(26,27)22-14-18-2-1-13-28-18/h3-6,9,12,15,17-18,22H,1-2,7-8,10-11,13-14H2. The molecule has 0 radical (unpaired) electrons. The highest BCUT2D eigenvalue weighted by Gasteiger charge is 2.25. The molecule has 0 spiro atoms. The Bertz CT molecular complexity index is 914. The number of imidazole rings is 1. The van der Waals surface area contributed by atoms with E-state index < -0.39 is 10.0 Å². The number of hydrogen-bond donors (Lipinski definition) is 1. The molecule has 1 amide bonds. The molecule has 156 valence electrons. The van der Waals surface area contributed by atoms with Crippen molar-refractivity contribution in [1.82, 2.24) is 19.2 Å². The maximum absolute atomic E-state index is 12.8. The molecule has 2 aromatic rings. The Morgan fingerprint density at radius 3 is 2.55 bits per heavy atom. The third-order valence-corrected chi connectivity index (χ3v) is 7.07. The number of nitrogens with one attached hydrogen (secondary N) is 1. The zero-order chi connectivity index (χ0) is 20.3. The number of benzene rings is 1. The lowest BCUT2D eigenvalue weighted by Gasteiger charge is -2.32. The molecule has 4 rings (SSSR count). The smallest absolute Gasteiger partial charge is 0.253 e. The Balaban J connectivity index is 1.34. The van der Waals surface area contributed by atoms with Gasteiger partial charge in [-0.3, -0.25) is 4.79 Å². The molecule has 9 heteroatoms. The Kier molecular flexibility index (Phi) is 5.98. The van der Waals surface area contributed by atoms with Gasteiger partial charge in [-0.2, -0.15) is 0 Å². The topological polar surface area (TPSA) is 93.5 Å². The first kappa shape index (κ1) is 20.1. The molecule has 3 heterocycles. The number of carbonyl (C=O) groups is 1. The normalized spacial score (nSPS) is 20.8. The first-order valence-corrected chi connectivity index (χ1v) is 11.5. The van der Waals surface area contributed by atoms with Gasteiger partial charge in [-0.15, -0.1) is 0 Å². The number of likely N-dealkylation sites (tertiary alicyclic amines) is 1. The molecule has 0 aliphatic carbocycles. The zero-order valence-corrected chi connectivity index (χ0v) is 17.1. The second-order valence-corrected chi connectivity index (χ2v) is 9.31. The second-order valence-electron chi connectivity index (χ2n) is 7.54. The molecule has 2 fully saturated rings. The van der Waals surface area contributed by atoms with E-state index >= 15 is 0 Å². The minimum atomic E-state index is -3.61. The maximum atomic E-state index is 12.8. The van der Waals surface area contributed by atoms with E-state index in [4.69, 9.17) is 4.74 Å². The van der Waals surface area contributed by atoms with Gasteiger partial charge in [-0.05, 0) is 49.9 Å². The Labute approximate surface area is 170 Å². The average molecular weight is 419 g/mol. The van der Waals surface area contributed by atoms with Crippen molar-refractivity contribution in [1.29, 1.82) is 0 Å². The number of piperidine rings is 1. The summed E-state index contributed by atoms with van der Waals surface area (Å²) < 4.78 is 35.0. The molecule has 0 saturated carbocycles. The molecule has 1 aromatic heterocycles. The summed E-state index contributed by atoms with van der Waals surface area (Å²) in [7, 11) is -3.61. The quantitative estimate of drug-likeness (QED) is 0.772. The lowest BCUT2D eigenvalue weighted by Crippen LogP contribution is -2.39. The first-order chi connectivity index (χ1) is 14.0. The van der Waals surface area contributed by atoms with Crippen molar-refractivity contribution in [2.45, 2.75) is 42.7 Å². The van der Waals surface area contributed by atoms with Crippen LogP contribution in [0, 0.1) is 0 Å². The monoisotopic (exact) mass is 418 g/mol. The van der Waals surface area contributed by atoms with Crippen molar-refractivity contribution in [2.75, 3.05) is 26.2 Å². The van der Waals surface area contributed by atoms with Crippen molar-refractivity contribution in [3.8, 4) is 0 Å². The zero-order valence-electron chi connectivity index (χ0n) is 16.2. The number of carbonyl (C=O) groups excluding carboxylic acids is 1. The molecule has 1 atom stereocenters. The number of sulfonamides is 1. The number of rotatable bonds is 6. The predicted molar refractivity (Wildman–Crippen MR) is 107 cm³/mol. The summed E-state index contributed by atoms with van der Waals surface area (Å²) in [4.78, 5) is 18.8. The van der Waals surface area contributed by atoms with Crippen LogP contribution in [0.25, 0.3) is 0 Å². The SMILES string of the molecule is O=C(c1ccc(S(=O)(=O)NCC2CCCO2)cc1)N1CCC(n2ccnc2)CC1. The van der Waals surface area contributed by atoms with Crippen LogP contribution in [0.1, 0.15) is 42.1 Å². The van der Waals surface area contributed by atoms with E-state index in [2.05, 4.69) is 14.3 Å². The third-order valence-electron chi connectivity index (χ3n) is 5.63. The molecular formula is C20H26N4O4S. The molecule has 29 heavy (non-hydrogen) atoms. The van der Waals surface area contributed by atoms with Crippen LogP contribution in [-0.2, 0) is 14.8 Å². The first-order valence-electron chi connectivity index (χ1n) is 10.0. The van der Waals surface area contributed by atoms with E-state index in [-0.39, 0.29) is 23.5 Å². The summed E-state index contributed by atoms with van der Waals surface area (Å²) >= 11 is 0. The van der Waals surface area contributed by atoms with Crippen LogP contribution < -0.4 is 4.72 Å². The highest BCUT2D eigenvalue weighted by Crippen LogP contribution is 2.23. The van der Waals surface area contributed by atoms with Crippen LogP contribution in [-0.4, -0.2) is 61.1 Å². The summed E-state index contributed by atoms with van der Waals surface area (Å²) in [5.74, 6) is -0.0645. The van der Waals surface area contributed by atoms with E-state index in [1.807, 2.05) is 17.4 Å². The predicted octanol–water partition coefficient (Wildman–Crippen LogP) is 1.82. The minimum Gasteiger partial charge on any atom is -0.377 e. The van der Waals surface area contributed by atoms with Gasteiger partial charge in [0.2, 0.25) is 10.0 Å². The molecule has 2 aliphatic heterocycles. The van der Waals surface area contributed by atoms with Crippen molar-refractivity contribution in [3.05, 3.63) is 48.5 Å². The van der Waals surface area contributed by atoms with E-state index in [0.717, 1.165) is 25.7 Å².